The third-order valence-electron chi connectivity index (χ3n) is 8.31. The van der Waals surface area contributed by atoms with Crippen molar-refractivity contribution < 1.29 is 37.6 Å². The van der Waals surface area contributed by atoms with Gasteiger partial charge in [-0.25, -0.2) is 4.57 Å². The standard InChI is InChI=1S/C39H74NO8P/c1-3-5-7-9-11-13-15-17-18-20-21-23-25-27-29-31-38(41)45-35-37(36-47-49(43,44)46-34-33-40)48-39(42)32-30-28-26-24-22-19-16-14-12-10-8-6-4-2/h14,16-18,37H,3-13,15,19-36,40H2,1-2H3,(H,43,44)/b16-14-,18-17-/t37-/m1/s1. The van der Waals surface area contributed by atoms with Crippen LogP contribution >= 0.6 is 7.82 Å². The molecule has 288 valence electrons. The van der Waals surface area contributed by atoms with Gasteiger partial charge in [0, 0.05) is 19.4 Å². The van der Waals surface area contributed by atoms with Gasteiger partial charge in [0.15, 0.2) is 6.10 Å². The van der Waals surface area contributed by atoms with Gasteiger partial charge in [-0.3, -0.25) is 18.6 Å². The van der Waals surface area contributed by atoms with Crippen LogP contribution in [0.3, 0.4) is 0 Å². The van der Waals surface area contributed by atoms with Crippen LogP contribution in [0.4, 0.5) is 0 Å². The molecule has 0 aromatic carbocycles. The average molecular weight is 716 g/mol. The summed E-state index contributed by atoms with van der Waals surface area (Å²) in [5.41, 5.74) is 5.33. The topological polar surface area (TPSA) is 134 Å². The number of hydrogen-bond acceptors (Lipinski definition) is 8. The second kappa shape index (κ2) is 36.3. The van der Waals surface area contributed by atoms with Crippen molar-refractivity contribution in [3.8, 4) is 0 Å². The Morgan fingerprint density at radius 2 is 1.00 bits per heavy atom. The van der Waals surface area contributed by atoms with Crippen molar-refractivity contribution in [2.75, 3.05) is 26.4 Å². The fraction of sp³-hybridized carbons (Fsp3) is 0.846. The van der Waals surface area contributed by atoms with Crippen LogP contribution < -0.4 is 5.73 Å². The predicted octanol–water partition coefficient (Wildman–Crippen LogP) is 10.8. The molecule has 0 spiro atoms. The van der Waals surface area contributed by atoms with Crippen molar-refractivity contribution >= 4 is 19.8 Å². The van der Waals surface area contributed by atoms with Crippen LogP contribution in [-0.4, -0.2) is 49.3 Å². The van der Waals surface area contributed by atoms with E-state index in [1.165, 1.54) is 77.0 Å². The van der Waals surface area contributed by atoms with Gasteiger partial charge in [0.25, 0.3) is 0 Å². The molecule has 0 rings (SSSR count). The predicted molar refractivity (Wildman–Crippen MR) is 201 cm³/mol. The Morgan fingerprint density at radius 3 is 1.47 bits per heavy atom. The number of unbranched alkanes of at least 4 members (excludes halogenated alkanes) is 20. The van der Waals surface area contributed by atoms with E-state index in [2.05, 4.69) is 38.2 Å². The minimum absolute atomic E-state index is 0.0517. The summed E-state index contributed by atoms with van der Waals surface area (Å²) >= 11 is 0. The SMILES string of the molecule is CCCCCC/C=C\CCCCCCCC(=O)O[C@H](COC(=O)CCCCCCC/C=C\CCCCCCCC)COP(=O)(O)OCCN. The molecule has 0 heterocycles. The monoisotopic (exact) mass is 716 g/mol. The Labute approximate surface area is 300 Å². The molecular formula is C39H74NO8P. The molecule has 0 fully saturated rings. The highest BCUT2D eigenvalue weighted by atomic mass is 31.2. The number of ether oxygens (including phenoxy) is 2. The summed E-state index contributed by atoms with van der Waals surface area (Å²) in [7, 11) is -4.37. The van der Waals surface area contributed by atoms with Crippen molar-refractivity contribution in [2.45, 2.75) is 187 Å². The lowest BCUT2D eigenvalue weighted by Crippen LogP contribution is -2.29. The van der Waals surface area contributed by atoms with Gasteiger partial charge in [0.2, 0.25) is 0 Å². The fourth-order valence-electron chi connectivity index (χ4n) is 5.33. The number of nitrogens with two attached hydrogens (primary N) is 1. The van der Waals surface area contributed by atoms with Crippen LogP contribution in [0.1, 0.15) is 181 Å². The number of esters is 2. The second-order valence-electron chi connectivity index (χ2n) is 13.1. The number of phosphoric acid groups is 1. The van der Waals surface area contributed by atoms with Gasteiger partial charge < -0.3 is 20.1 Å². The van der Waals surface area contributed by atoms with E-state index in [4.69, 9.17) is 24.3 Å². The maximum atomic E-state index is 12.5. The van der Waals surface area contributed by atoms with Crippen LogP contribution in [0, 0.1) is 0 Å². The highest BCUT2D eigenvalue weighted by Gasteiger charge is 2.25. The van der Waals surface area contributed by atoms with Crippen molar-refractivity contribution in [3.63, 3.8) is 0 Å². The Hall–Kier alpha value is -1.51. The van der Waals surface area contributed by atoms with Crippen LogP contribution in [0.25, 0.3) is 0 Å². The zero-order valence-electron chi connectivity index (χ0n) is 31.4. The number of phosphoric ester groups is 1. The third kappa shape index (κ3) is 36.1. The molecular weight excluding hydrogens is 641 g/mol. The van der Waals surface area contributed by atoms with Crippen LogP contribution in [0.5, 0.6) is 0 Å². The van der Waals surface area contributed by atoms with Crippen LogP contribution in [0.15, 0.2) is 24.3 Å². The average Bonchev–Trinajstić information content (AvgIpc) is 3.08. The Kier molecular flexibility index (Phi) is 35.2. The van der Waals surface area contributed by atoms with Crippen molar-refractivity contribution in [2.24, 2.45) is 5.73 Å². The van der Waals surface area contributed by atoms with E-state index >= 15 is 0 Å². The molecule has 2 atom stereocenters. The normalized spacial score (nSPS) is 13.6. The van der Waals surface area contributed by atoms with Gasteiger partial charge in [-0.15, -0.1) is 0 Å². The molecule has 0 aliphatic heterocycles. The molecule has 0 aliphatic rings. The van der Waals surface area contributed by atoms with Crippen molar-refractivity contribution in [1.82, 2.24) is 0 Å². The molecule has 1 unspecified atom stereocenters. The zero-order chi connectivity index (χ0) is 36.1. The molecule has 3 N–H and O–H groups in total. The fourth-order valence-corrected chi connectivity index (χ4v) is 6.09. The summed E-state index contributed by atoms with van der Waals surface area (Å²) in [6.45, 7) is 3.69. The first-order chi connectivity index (χ1) is 23.8. The summed E-state index contributed by atoms with van der Waals surface area (Å²) < 4.78 is 32.6. The molecule has 0 bridgehead atoms. The maximum Gasteiger partial charge on any atom is 0.472 e. The van der Waals surface area contributed by atoms with E-state index in [0.717, 1.165) is 70.6 Å². The lowest BCUT2D eigenvalue weighted by Gasteiger charge is -2.19. The Balaban J connectivity index is 4.22. The van der Waals surface area contributed by atoms with Gasteiger partial charge in [-0.1, -0.05) is 128 Å². The second-order valence-corrected chi connectivity index (χ2v) is 14.6. The summed E-state index contributed by atoms with van der Waals surface area (Å²) in [6.07, 6.45) is 36.3. The first-order valence-electron chi connectivity index (χ1n) is 19.8. The van der Waals surface area contributed by atoms with E-state index in [0.29, 0.717) is 6.42 Å². The summed E-state index contributed by atoms with van der Waals surface area (Å²) in [4.78, 5) is 34.7. The number of allylic oxidation sites excluding steroid dienone is 4. The Bertz CT molecular complexity index is 866. The number of hydrogen-bond donors (Lipinski definition) is 2. The minimum atomic E-state index is -4.37. The van der Waals surface area contributed by atoms with Gasteiger partial charge in [-0.2, -0.15) is 0 Å². The van der Waals surface area contributed by atoms with Crippen LogP contribution in [0.2, 0.25) is 0 Å². The minimum Gasteiger partial charge on any atom is -0.462 e. The van der Waals surface area contributed by atoms with Crippen molar-refractivity contribution in [3.05, 3.63) is 24.3 Å². The van der Waals surface area contributed by atoms with E-state index in [-0.39, 0.29) is 32.6 Å². The van der Waals surface area contributed by atoms with Gasteiger partial charge in [-0.05, 0) is 64.2 Å². The molecule has 0 radical (unpaired) electrons. The largest absolute Gasteiger partial charge is 0.472 e. The van der Waals surface area contributed by atoms with E-state index in [9.17, 15) is 19.0 Å². The molecule has 0 saturated heterocycles. The number of carbonyl (C=O) groups is 2. The van der Waals surface area contributed by atoms with E-state index < -0.39 is 32.5 Å². The lowest BCUT2D eigenvalue weighted by atomic mass is 10.1. The van der Waals surface area contributed by atoms with Gasteiger partial charge >= 0.3 is 19.8 Å². The summed E-state index contributed by atoms with van der Waals surface area (Å²) in [5, 5.41) is 0. The molecule has 0 amide bonds. The highest BCUT2D eigenvalue weighted by molar-refractivity contribution is 7.47. The molecule has 49 heavy (non-hydrogen) atoms. The summed E-state index contributed by atoms with van der Waals surface area (Å²) in [5.74, 6) is -0.847. The quantitative estimate of drug-likeness (QED) is 0.0279. The summed E-state index contributed by atoms with van der Waals surface area (Å²) in [6, 6.07) is 0. The van der Waals surface area contributed by atoms with E-state index in [1.54, 1.807) is 0 Å². The first kappa shape index (κ1) is 47.5. The molecule has 0 aromatic rings. The highest BCUT2D eigenvalue weighted by Crippen LogP contribution is 2.43. The number of carbonyl (C=O) groups excluding carboxylic acids is 2. The number of rotatable bonds is 37. The first-order valence-corrected chi connectivity index (χ1v) is 21.3. The molecule has 0 saturated carbocycles. The van der Waals surface area contributed by atoms with Crippen molar-refractivity contribution in [1.29, 1.82) is 0 Å². The van der Waals surface area contributed by atoms with E-state index in [1.807, 2.05) is 0 Å². The van der Waals surface area contributed by atoms with Gasteiger partial charge in [0.05, 0.1) is 13.2 Å². The molecule has 10 heteroatoms. The lowest BCUT2D eigenvalue weighted by molar-refractivity contribution is -0.161. The Morgan fingerprint density at radius 1 is 0.592 bits per heavy atom. The smallest absolute Gasteiger partial charge is 0.462 e. The molecule has 9 nitrogen and oxygen atoms in total. The third-order valence-corrected chi connectivity index (χ3v) is 9.29. The maximum absolute atomic E-state index is 12.5. The van der Waals surface area contributed by atoms with Crippen LogP contribution in [-0.2, 0) is 32.7 Å². The van der Waals surface area contributed by atoms with Gasteiger partial charge in [0.1, 0.15) is 6.61 Å². The molecule has 0 aromatic heterocycles. The molecule has 0 aliphatic carbocycles. The zero-order valence-corrected chi connectivity index (χ0v) is 32.3.